The summed E-state index contributed by atoms with van der Waals surface area (Å²) in [6, 6.07) is 2.30. The Balaban J connectivity index is 3.00. The van der Waals surface area contributed by atoms with Gasteiger partial charge in [0.05, 0.1) is 6.42 Å². The number of rotatable bonds is 6. The predicted molar refractivity (Wildman–Crippen MR) is 64.5 cm³/mol. The van der Waals surface area contributed by atoms with Crippen LogP contribution in [0.4, 0.5) is 0 Å². The van der Waals surface area contributed by atoms with Crippen molar-refractivity contribution < 1.29 is 23.1 Å². The maximum Gasteiger partial charge on any atom is 0.322 e. The van der Waals surface area contributed by atoms with Crippen LogP contribution >= 0.6 is 0 Å². The average Bonchev–Trinajstić information content (AvgIpc) is 2.37. The van der Waals surface area contributed by atoms with Gasteiger partial charge in [-0.25, -0.2) is 13.4 Å². The number of nitrogens with one attached hydrogen (secondary N) is 1. The van der Waals surface area contributed by atoms with Gasteiger partial charge in [-0.05, 0) is 12.1 Å². The number of hydrogen-bond donors (Lipinski definition) is 3. The molecule has 0 aliphatic heterocycles. The Hall–Kier alpha value is -2.51. The fourth-order valence-corrected chi connectivity index (χ4v) is 2.37. The highest BCUT2D eigenvalue weighted by Gasteiger charge is 2.27. The molecule has 20 heavy (non-hydrogen) atoms. The number of amides is 1. The number of nitriles is 1. The van der Waals surface area contributed by atoms with Crippen molar-refractivity contribution in [2.24, 2.45) is 5.73 Å². The summed E-state index contributed by atoms with van der Waals surface area (Å²) in [6.07, 6.45) is 0.225. The first-order valence-corrected chi connectivity index (χ1v) is 6.64. The third kappa shape index (κ3) is 4.01. The van der Waals surface area contributed by atoms with E-state index in [-0.39, 0.29) is 10.6 Å². The van der Waals surface area contributed by atoms with Gasteiger partial charge in [-0.3, -0.25) is 9.59 Å². The first kappa shape index (κ1) is 15.5. The molecule has 0 aliphatic carbocycles. The molecule has 4 N–H and O–H groups in total. The number of sulfonamides is 1. The molecule has 0 spiro atoms. The monoisotopic (exact) mass is 298 g/mol. The van der Waals surface area contributed by atoms with Crippen molar-refractivity contribution in [3.63, 3.8) is 0 Å². The van der Waals surface area contributed by atoms with Crippen LogP contribution in [-0.2, 0) is 19.6 Å². The van der Waals surface area contributed by atoms with Crippen LogP contribution in [0.25, 0.3) is 0 Å². The van der Waals surface area contributed by atoms with Crippen LogP contribution in [0.2, 0.25) is 0 Å². The van der Waals surface area contributed by atoms with E-state index in [2.05, 4.69) is 4.98 Å². The zero-order valence-electron chi connectivity index (χ0n) is 9.98. The lowest BCUT2D eigenvalue weighted by molar-refractivity contribution is -0.140. The highest BCUT2D eigenvalue weighted by molar-refractivity contribution is 7.89. The highest BCUT2D eigenvalue weighted by Crippen LogP contribution is 2.09. The first-order chi connectivity index (χ1) is 9.26. The Morgan fingerprint density at radius 2 is 2.15 bits per heavy atom. The first-order valence-electron chi connectivity index (χ1n) is 5.16. The average molecular weight is 298 g/mol. The van der Waals surface area contributed by atoms with Crippen molar-refractivity contribution in [1.82, 2.24) is 9.71 Å². The van der Waals surface area contributed by atoms with Crippen molar-refractivity contribution in [3.05, 3.63) is 24.0 Å². The summed E-state index contributed by atoms with van der Waals surface area (Å²) < 4.78 is 25.6. The molecule has 1 aromatic heterocycles. The quantitative estimate of drug-likeness (QED) is 0.578. The fourth-order valence-electron chi connectivity index (χ4n) is 1.24. The van der Waals surface area contributed by atoms with Gasteiger partial charge in [0.15, 0.2) is 0 Å². The molecule has 1 amide bonds. The SMILES string of the molecule is N#Cc1ccc(S(=O)(=O)N[C@H](CC(N)=O)C(=O)O)cn1. The van der Waals surface area contributed by atoms with Crippen LogP contribution in [0.5, 0.6) is 0 Å². The van der Waals surface area contributed by atoms with Crippen LogP contribution in [-0.4, -0.2) is 36.4 Å². The third-order valence-electron chi connectivity index (χ3n) is 2.16. The van der Waals surface area contributed by atoms with Crippen LogP contribution in [0, 0.1) is 11.3 Å². The molecule has 1 aromatic rings. The lowest BCUT2D eigenvalue weighted by atomic mass is 10.2. The van der Waals surface area contributed by atoms with Crippen molar-refractivity contribution in [3.8, 4) is 6.07 Å². The molecule has 0 aliphatic rings. The smallest absolute Gasteiger partial charge is 0.322 e. The molecule has 0 fully saturated rings. The molecule has 0 aromatic carbocycles. The van der Waals surface area contributed by atoms with Crippen LogP contribution in [0.15, 0.2) is 23.2 Å². The van der Waals surface area contributed by atoms with E-state index in [0.717, 1.165) is 12.3 Å². The van der Waals surface area contributed by atoms with Gasteiger partial charge in [0, 0.05) is 6.20 Å². The van der Waals surface area contributed by atoms with Gasteiger partial charge in [0.1, 0.15) is 22.7 Å². The summed E-state index contributed by atoms with van der Waals surface area (Å²) >= 11 is 0. The fraction of sp³-hybridized carbons (Fsp3) is 0.200. The molecule has 0 saturated carbocycles. The molecular weight excluding hydrogens is 288 g/mol. The van der Waals surface area contributed by atoms with Crippen LogP contribution < -0.4 is 10.5 Å². The van der Waals surface area contributed by atoms with E-state index in [1.54, 1.807) is 6.07 Å². The van der Waals surface area contributed by atoms with Crippen molar-refractivity contribution in [1.29, 1.82) is 5.26 Å². The number of nitrogens with two attached hydrogens (primary N) is 1. The van der Waals surface area contributed by atoms with Crippen molar-refractivity contribution in [2.75, 3.05) is 0 Å². The molecule has 0 unspecified atom stereocenters. The minimum atomic E-state index is -4.19. The molecule has 0 radical (unpaired) electrons. The van der Waals surface area contributed by atoms with Gasteiger partial charge in [-0.15, -0.1) is 0 Å². The second-order valence-electron chi connectivity index (χ2n) is 3.67. The summed E-state index contributed by atoms with van der Waals surface area (Å²) in [5.41, 5.74) is 4.85. The van der Waals surface area contributed by atoms with Gasteiger partial charge in [-0.2, -0.15) is 9.98 Å². The Morgan fingerprint density at radius 3 is 2.55 bits per heavy atom. The molecular formula is C10H10N4O5S. The van der Waals surface area contributed by atoms with E-state index in [4.69, 9.17) is 16.1 Å². The van der Waals surface area contributed by atoms with E-state index in [1.165, 1.54) is 6.07 Å². The number of carbonyl (C=O) groups is 2. The van der Waals surface area contributed by atoms with Crippen LogP contribution in [0.3, 0.4) is 0 Å². The summed E-state index contributed by atoms with van der Waals surface area (Å²) in [5.74, 6) is -2.49. The number of primary amides is 1. The number of carbonyl (C=O) groups excluding carboxylic acids is 1. The van der Waals surface area contributed by atoms with E-state index >= 15 is 0 Å². The van der Waals surface area contributed by atoms with Crippen LogP contribution in [0.1, 0.15) is 12.1 Å². The number of nitrogens with zero attached hydrogens (tertiary/aromatic N) is 2. The Bertz CT molecular complexity index is 662. The summed E-state index contributed by atoms with van der Waals surface area (Å²) in [6.45, 7) is 0. The molecule has 10 heteroatoms. The van der Waals surface area contributed by atoms with E-state index in [0.29, 0.717) is 0 Å². The van der Waals surface area contributed by atoms with E-state index < -0.39 is 34.4 Å². The number of carboxylic acid groups (broad SMARTS) is 1. The van der Waals surface area contributed by atoms with Crippen molar-refractivity contribution in [2.45, 2.75) is 17.4 Å². The second kappa shape index (κ2) is 6.09. The summed E-state index contributed by atoms with van der Waals surface area (Å²) in [5, 5.41) is 17.4. The Labute approximate surface area is 114 Å². The molecule has 1 heterocycles. The molecule has 106 valence electrons. The second-order valence-corrected chi connectivity index (χ2v) is 5.39. The number of hydrogen-bond acceptors (Lipinski definition) is 6. The molecule has 0 saturated heterocycles. The lowest BCUT2D eigenvalue weighted by Gasteiger charge is -2.12. The van der Waals surface area contributed by atoms with Gasteiger partial charge < -0.3 is 10.8 Å². The minimum Gasteiger partial charge on any atom is -0.480 e. The number of aromatic nitrogens is 1. The maximum atomic E-state index is 11.9. The number of pyridine rings is 1. The zero-order valence-corrected chi connectivity index (χ0v) is 10.8. The minimum absolute atomic E-state index is 0.0101. The third-order valence-corrected chi connectivity index (χ3v) is 3.62. The number of aliphatic carboxylic acids is 1. The van der Waals surface area contributed by atoms with Gasteiger partial charge in [-0.1, -0.05) is 0 Å². The maximum absolute atomic E-state index is 11.9. The lowest BCUT2D eigenvalue weighted by Crippen LogP contribution is -2.43. The predicted octanol–water partition coefficient (Wildman–Crippen LogP) is -1.44. The highest BCUT2D eigenvalue weighted by atomic mass is 32.2. The Morgan fingerprint density at radius 1 is 1.50 bits per heavy atom. The topological polar surface area (TPSA) is 163 Å². The summed E-state index contributed by atoms with van der Waals surface area (Å²) in [7, 11) is -4.19. The normalized spacial score (nSPS) is 12.3. The van der Waals surface area contributed by atoms with Gasteiger partial charge in [0.2, 0.25) is 15.9 Å². The van der Waals surface area contributed by atoms with E-state index in [9.17, 15) is 18.0 Å². The number of carboxylic acids is 1. The molecule has 9 nitrogen and oxygen atoms in total. The van der Waals surface area contributed by atoms with Gasteiger partial charge in [0.25, 0.3) is 0 Å². The largest absolute Gasteiger partial charge is 0.480 e. The summed E-state index contributed by atoms with van der Waals surface area (Å²) in [4.78, 5) is 24.8. The van der Waals surface area contributed by atoms with Crippen molar-refractivity contribution >= 4 is 21.9 Å². The zero-order chi connectivity index (χ0) is 15.3. The Kier molecular flexibility index (Phi) is 4.73. The van der Waals surface area contributed by atoms with E-state index in [1.807, 2.05) is 4.72 Å². The molecule has 1 rings (SSSR count). The molecule has 0 bridgehead atoms. The molecule has 1 atom stereocenters. The van der Waals surface area contributed by atoms with Gasteiger partial charge >= 0.3 is 5.97 Å². The standard InChI is InChI=1S/C10H10N4O5S/c11-4-6-1-2-7(5-13-6)20(18,19)14-8(10(16)17)3-9(12)15/h1-2,5,8,14H,3H2,(H2,12,15)(H,16,17)/t8-/m1/s1.